The fraction of sp³-hybridized carbons (Fsp3) is 0.286. The normalized spacial score (nSPS) is 13.7. The van der Waals surface area contributed by atoms with Crippen LogP contribution in [0.15, 0.2) is 53.5 Å². The van der Waals surface area contributed by atoms with Gasteiger partial charge in [0.2, 0.25) is 0 Å². The van der Waals surface area contributed by atoms with E-state index in [1.165, 1.54) is 16.0 Å². The molecule has 0 aliphatic carbocycles. The summed E-state index contributed by atoms with van der Waals surface area (Å²) < 4.78 is 0. The Labute approximate surface area is 159 Å². The lowest BCUT2D eigenvalue weighted by atomic mass is 10.1. The van der Waals surface area contributed by atoms with Crippen LogP contribution >= 0.6 is 0 Å². The van der Waals surface area contributed by atoms with Crippen LogP contribution in [-0.2, 0) is 6.54 Å². The fourth-order valence-corrected chi connectivity index (χ4v) is 3.22. The molecule has 0 saturated carbocycles. The van der Waals surface area contributed by atoms with Crippen LogP contribution in [0.2, 0.25) is 0 Å². The molecule has 1 N–H and O–H groups in total. The van der Waals surface area contributed by atoms with Crippen molar-refractivity contribution < 1.29 is 9.59 Å². The number of amides is 2. The Kier molecular flexibility index (Phi) is 5.54. The Morgan fingerprint density at radius 2 is 1.63 bits per heavy atom. The first-order valence-corrected chi connectivity index (χ1v) is 8.94. The Bertz CT molecular complexity index is 856. The standard InChI is InChI=1S/C21H24N4O2/c1-15-8-4-5-9-16(15)14-24(3)21(22-2)23-12-13-25-19(26)17-10-6-7-11-18(17)20(25)27/h4-11H,12-14H2,1-3H3,(H,22,23). The minimum Gasteiger partial charge on any atom is -0.354 e. The van der Waals surface area contributed by atoms with Gasteiger partial charge in [-0.05, 0) is 30.2 Å². The van der Waals surface area contributed by atoms with Crippen molar-refractivity contribution in [3.05, 3.63) is 70.8 Å². The van der Waals surface area contributed by atoms with Crippen molar-refractivity contribution in [1.29, 1.82) is 0 Å². The topological polar surface area (TPSA) is 65.0 Å². The molecule has 0 bridgehead atoms. The van der Waals surface area contributed by atoms with Crippen molar-refractivity contribution in [3.63, 3.8) is 0 Å². The summed E-state index contributed by atoms with van der Waals surface area (Å²) in [4.78, 5) is 32.4. The minimum absolute atomic E-state index is 0.236. The number of hydrogen-bond donors (Lipinski definition) is 1. The van der Waals surface area contributed by atoms with Gasteiger partial charge in [-0.15, -0.1) is 0 Å². The quantitative estimate of drug-likeness (QED) is 0.502. The van der Waals surface area contributed by atoms with Gasteiger partial charge in [-0.2, -0.15) is 0 Å². The summed E-state index contributed by atoms with van der Waals surface area (Å²) >= 11 is 0. The number of fused-ring (bicyclic) bond motifs is 1. The molecule has 0 unspecified atom stereocenters. The smallest absolute Gasteiger partial charge is 0.261 e. The number of carbonyl (C=O) groups excluding carboxylic acids is 2. The molecule has 0 atom stereocenters. The average molecular weight is 364 g/mol. The molecule has 2 aromatic rings. The van der Waals surface area contributed by atoms with Crippen molar-refractivity contribution in [2.75, 3.05) is 27.2 Å². The van der Waals surface area contributed by atoms with Crippen LogP contribution in [0, 0.1) is 6.92 Å². The number of imide groups is 1. The molecule has 0 spiro atoms. The zero-order valence-electron chi connectivity index (χ0n) is 15.9. The van der Waals surface area contributed by atoms with E-state index < -0.39 is 0 Å². The van der Waals surface area contributed by atoms with Gasteiger partial charge in [0, 0.05) is 33.7 Å². The van der Waals surface area contributed by atoms with Crippen molar-refractivity contribution in [1.82, 2.24) is 15.1 Å². The summed E-state index contributed by atoms with van der Waals surface area (Å²) in [6, 6.07) is 15.2. The van der Waals surface area contributed by atoms with Gasteiger partial charge in [0.15, 0.2) is 5.96 Å². The number of aliphatic imine (C=N–C) groups is 1. The molecule has 1 aliphatic rings. The summed E-state index contributed by atoms with van der Waals surface area (Å²) in [7, 11) is 3.68. The first kappa shape index (κ1) is 18.6. The second-order valence-corrected chi connectivity index (χ2v) is 6.56. The molecule has 2 aromatic carbocycles. The van der Waals surface area contributed by atoms with Crippen molar-refractivity contribution >= 4 is 17.8 Å². The predicted octanol–water partition coefficient (Wildman–Crippen LogP) is 2.30. The van der Waals surface area contributed by atoms with E-state index in [1.807, 2.05) is 24.1 Å². The SMILES string of the molecule is CN=C(NCCN1C(=O)c2ccccc2C1=O)N(C)Cc1ccccc1C. The van der Waals surface area contributed by atoms with E-state index in [1.54, 1.807) is 31.3 Å². The van der Waals surface area contributed by atoms with E-state index >= 15 is 0 Å². The van der Waals surface area contributed by atoms with Crippen LogP contribution < -0.4 is 5.32 Å². The second kappa shape index (κ2) is 8.03. The number of carbonyl (C=O) groups is 2. The van der Waals surface area contributed by atoms with E-state index in [-0.39, 0.29) is 11.8 Å². The number of aryl methyl sites for hydroxylation is 1. The lowest BCUT2D eigenvalue weighted by molar-refractivity contribution is 0.0657. The first-order chi connectivity index (χ1) is 13.0. The molecule has 0 radical (unpaired) electrons. The maximum absolute atomic E-state index is 12.4. The summed E-state index contributed by atoms with van der Waals surface area (Å²) in [5.74, 6) is 0.246. The van der Waals surface area contributed by atoms with Crippen LogP contribution in [0.25, 0.3) is 0 Å². The molecule has 1 aliphatic heterocycles. The van der Waals surface area contributed by atoms with Crippen LogP contribution in [0.3, 0.4) is 0 Å². The van der Waals surface area contributed by atoms with Crippen LogP contribution in [0.1, 0.15) is 31.8 Å². The molecule has 6 nitrogen and oxygen atoms in total. The Hall–Kier alpha value is -3.15. The third-order valence-electron chi connectivity index (χ3n) is 4.74. The van der Waals surface area contributed by atoms with Crippen LogP contribution in [-0.4, -0.2) is 54.8 Å². The van der Waals surface area contributed by atoms with Crippen molar-refractivity contribution in [3.8, 4) is 0 Å². The molecule has 0 saturated heterocycles. The molecule has 0 aromatic heterocycles. The summed E-state index contributed by atoms with van der Waals surface area (Å²) in [5, 5.41) is 3.23. The van der Waals surface area contributed by atoms with Crippen LogP contribution in [0.5, 0.6) is 0 Å². The first-order valence-electron chi connectivity index (χ1n) is 8.94. The van der Waals surface area contributed by atoms with Crippen molar-refractivity contribution in [2.45, 2.75) is 13.5 Å². The Morgan fingerprint density at radius 3 is 2.22 bits per heavy atom. The lowest BCUT2D eigenvalue weighted by Crippen LogP contribution is -2.43. The molecule has 0 fully saturated rings. The molecule has 3 rings (SSSR count). The maximum Gasteiger partial charge on any atom is 0.261 e. The number of nitrogens with one attached hydrogen (secondary N) is 1. The highest BCUT2D eigenvalue weighted by molar-refractivity contribution is 6.21. The largest absolute Gasteiger partial charge is 0.354 e. The highest BCUT2D eigenvalue weighted by Crippen LogP contribution is 2.21. The molecular weight excluding hydrogens is 340 g/mol. The van der Waals surface area contributed by atoms with Gasteiger partial charge in [0.25, 0.3) is 11.8 Å². The number of hydrogen-bond acceptors (Lipinski definition) is 3. The van der Waals surface area contributed by atoms with Gasteiger partial charge in [-0.1, -0.05) is 36.4 Å². The third kappa shape index (κ3) is 3.84. The van der Waals surface area contributed by atoms with E-state index in [0.29, 0.717) is 24.2 Å². The highest BCUT2D eigenvalue weighted by atomic mass is 16.2. The molecule has 1 heterocycles. The van der Waals surface area contributed by atoms with E-state index in [9.17, 15) is 9.59 Å². The van der Waals surface area contributed by atoms with E-state index in [0.717, 1.165) is 12.5 Å². The second-order valence-electron chi connectivity index (χ2n) is 6.56. The predicted molar refractivity (Wildman–Crippen MR) is 106 cm³/mol. The molecule has 27 heavy (non-hydrogen) atoms. The molecule has 6 heteroatoms. The average Bonchev–Trinajstić information content (AvgIpc) is 2.92. The zero-order chi connectivity index (χ0) is 19.4. The van der Waals surface area contributed by atoms with Gasteiger partial charge in [0.05, 0.1) is 11.1 Å². The van der Waals surface area contributed by atoms with Gasteiger partial charge < -0.3 is 10.2 Å². The van der Waals surface area contributed by atoms with E-state index in [2.05, 4.69) is 29.4 Å². The maximum atomic E-state index is 12.4. The summed E-state index contributed by atoms with van der Waals surface area (Å²) in [6.07, 6.45) is 0. The number of rotatable bonds is 5. The van der Waals surface area contributed by atoms with Gasteiger partial charge in [-0.25, -0.2) is 0 Å². The zero-order valence-corrected chi connectivity index (χ0v) is 15.9. The van der Waals surface area contributed by atoms with Gasteiger partial charge >= 0.3 is 0 Å². The highest BCUT2D eigenvalue weighted by Gasteiger charge is 2.34. The van der Waals surface area contributed by atoms with Crippen LogP contribution in [0.4, 0.5) is 0 Å². The summed E-state index contributed by atoms with van der Waals surface area (Å²) in [5.41, 5.74) is 3.40. The summed E-state index contributed by atoms with van der Waals surface area (Å²) in [6.45, 7) is 3.54. The third-order valence-corrected chi connectivity index (χ3v) is 4.74. The molecular formula is C21H24N4O2. The number of benzene rings is 2. The number of guanidine groups is 1. The van der Waals surface area contributed by atoms with Gasteiger partial charge in [0.1, 0.15) is 0 Å². The lowest BCUT2D eigenvalue weighted by Gasteiger charge is -2.24. The fourth-order valence-electron chi connectivity index (χ4n) is 3.22. The van der Waals surface area contributed by atoms with Gasteiger partial charge in [-0.3, -0.25) is 19.5 Å². The Balaban J connectivity index is 1.57. The van der Waals surface area contributed by atoms with E-state index in [4.69, 9.17) is 0 Å². The molecule has 140 valence electrons. The Morgan fingerprint density at radius 1 is 1.04 bits per heavy atom. The minimum atomic E-state index is -0.236. The monoisotopic (exact) mass is 364 g/mol. The molecule has 2 amide bonds. The van der Waals surface area contributed by atoms with Crippen molar-refractivity contribution in [2.24, 2.45) is 4.99 Å². The number of nitrogens with zero attached hydrogens (tertiary/aromatic N) is 3.